The number of carboxylic acids is 2. The van der Waals surface area contributed by atoms with Crippen molar-refractivity contribution in [2.24, 2.45) is 0 Å². The molecule has 0 unspecified atom stereocenters. The van der Waals surface area contributed by atoms with E-state index in [-0.39, 0.29) is 24.5 Å². The van der Waals surface area contributed by atoms with Crippen LogP contribution >= 0.6 is 0 Å². The van der Waals surface area contributed by atoms with Gasteiger partial charge in [0.25, 0.3) is 0 Å². The SMILES string of the molecule is O=C(O)Cc1n[nH]c(CC(=O)O)n1. The van der Waals surface area contributed by atoms with Gasteiger partial charge >= 0.3 is 11.9 Å². The molecule has 1 aromatic rings. The third kappa shape index (κ3) is 2.89. The molecule has 0 atom stereocenters. The lowest BCUT2D eigenvalue weighted by Crippen LogP contribution is -2.03. The van der Waals surface area contributed by atoms with Crippen molar-refractivity contribution in [2.45, 2.75) is 12.8 Å². The number of aromatic nitrogens is 3. The van der Waals surface area contributed by atoms with E-state index in [0.29, 0.717) is 0 Å². The van der Waals surface area contributed by atoms with Crippen LogP contribution in [0.4, 0.5) is 0 Å². The first-order valence-corrected chi connectivity index (χ1v) is 3.41. The maximum atomic E-state index is 10.2. The van der Waals surface area contributed by atoms with Gasteiger partial charge < -0.3 is 10.2 Å². The zero-order valence-electron chi connectivity index (χ0n) is 6.52. The Hall–Kier alpha value is -1.92. The molecular weight excluding hydrogens is 178 g/mol. The molecule has 7 heteroatoms. The van der Waals surface area contributed by atoms with Crippen LogP contribution in [-0.2, 0) is 22.4 Å². The molecule has 0 saturated heterocycles. The molecule has 0 bridgehead atoms. The fraction of sp³-hybridized carbons (Fsp3) is 0.333. The Bertz CT molecular complexity index is 302. The third-order valence-corrected chi connectivity index (χ3v) is 1.21. The summed E-state index contributed by atoms with van der Waals surface area (Å²) in [5, 5.41) is 22.6. The van der Waals surface area contributed by atoms with Crippen LogP contribution in [0.25, 0.3) is 0 Å². The van der Waals surface area contributed by atoms with Crippen molar-refractivity contribution < 1.29 is 19.8 Å². The summed E-state index contributed by atoms with van der Waals surface area (Å²) in [6.07, 6.45) is -0.595. The Labute approximate surface area is 72.4 Å². The van der Waals surface area contributed by atoms with Gasteiger partial charge in [0, 0.05) is 0 Å². The Morgan fingerprint density at radius 1 is 1.23 bits per heavy atom. The van der Waals surface area contributed by atoms with Gasteiger partial charge in [0.15, 0.2) is 5.82 Å². The van der Waals surface area contributed by atoms with Gasteiger partial charge in [0.1, 0.15) is 18.7 Å². The number of rotatable bonds is 4. The number of nitrogens with one attached hydrogen (secondary N) is 1. The van der Waals surface area contributed by atoms with E-state index in [4.69, 9.17) is 10.2 Å². The minimum absolute atomic E-state index is 0.0868. The van der Waals surface area contributed by atoms with Crippen molar-refractivity contribution in [1.82, 2.24) is 15.2 Å². The van der Waals surface area contributed by atoms with Crippen molar-refractivity contribution in [2.75, 3.05) is 0 Å². The maximum absolute atomic E-state index is 10.2. The second-order valence-corrected chi connectivity index (χ2v) is 2.34. The van der Waals surface area contributed by atoms with Crippen LogP contribution in [0, 0.1) is 0 Å². The summed E-state index contributed by atoms with van der Waals surface area (Å²) >= 11 is 0. The molecule has 0 radical (unpaired) electrons. The summed E-state index contributed by atoms with van der Waals surface area (Å²) in [5.74, 6) is -1.86. The van der Waals surface area contributed by atoms with E-state index >= 15 is 0 Å². The first kappa shape index (κ1) is 9.17. The minimum atomic E-state index is -1.05. The van der Waals surface area contributed by atoms with Crippen molar-refractivity contribution in [1.29, 1.82) is 0 Å². The number of carbonyl (C=O) groups is 2. The highest BCUT2D eigenvalue weighted by atomic mass is 16.4. The molecule has 13 heavy (non-hydrogen) atoms. The van der Waals surface area contributed by atoms with E-state index in [9.17, 15) is 9.59 Å². The van der Waals surface area contributed by atoms with Crippen LogP contribution in [0.1, 0.15) is 11.6 Å². The monoisotopic (exact) mass is 185 g/mol. The lowest BCUT2D eigenvalue weighted by molar-refractivity contribution is -0.137. The van der Waals surface area contributed by atoms with Crippen LogP contribution in [0.5, 0.6) is 0 Å². The molecule has 0 spiro atoms. The number of hydrogen-bond acceptors (Lipinski definition) is 4. The van der Waals surface area contributed by atoms with Crippen molar-refractivity contribution in [3.8, 4) is 0 Å². The van der Waals surface area contributed by atoms with E-state index in [2.05, 4.69) is 15.2 Å². The van der Waals surface area contributed by atoms with Gasteiger partial charge in [-0.2, -0.15) is 5.10 Å². The average molecular weight is 185 g/mol. The van der Waals surface area contributed by atoms with E-state index < -0.39 is 11.9 Å². The number of carboxylic acid groups (broad SMARTS) is 2. The Kier molecular flexibility index (Phi) is 2.58. The predicted octanol–water partition coefficient (Wildman–Crippen LogP) is -0.941. The van der Waals surface area contributed by atoms with Crippen LogP contribution in [0.2, 0.25) is 0 Å². The van der Waals surface area contributed by atoms with Crippen LogP contribution in [0.3, 0.4) is 0 Å². The van der Waals surface area contributed by atoms with Crippen molar-refractivity contribution >= 4 is 11.9 Å². The molecule has 0 aliphatic carbocycles. The predicted molar refractivity (Wildman–Crippen MR) is 39.1 cm³/mol. The highest BCUT2D eigenvalue weighted by Crippen LogP contribution is 1.94. The number of H-pyrrole nitrogens is 1. The molecule has 0 aromatic carbocycles. The quantitative estimate of drug-likeness (QED) is 0.557. The molecule has 1 aromatic heterocycles. The van der Waals surface area contributed by atoms with E-state index in [1.807, 2.05) is 0 Å². The average Bonchev–Trinajstić information content (AvgIpc) is 2.33. The zero-order chi connectivity index (χ0) is 9.84. The first-order valence-electron chi connectivity index (χ1n) is 3.41. The number of hydrogen-bond donors (Lipinski definition) is 3. The summed E-state index contributed by atoms with van der Waals surface area (Å²) in [6.45, 7) is 0. The summed E-state index contributed by atoms with van der Waals surface area (Å²) in [5.41, 5.74) is 0. The van der Waals surface area contributed by atoms with Gasteiger partial charge in [0.2, 0.25) is 0 Å². The van der Waals surface area contributed by atoms with Gasteiger partial charge in [0.05, 0.1) is 0 Å². The summed E-state index contributed by atoms with van der Waals surface area (Å²) in [6, 6.07) is 0. The van der Waals surface area contributed by atoms with Crippen LogP contribution in [0.15, 0.2) is 0 Å². The lowest BCUT2D eigenvalue weighted by Gasteiger charge is -1.86. The molecule has 0 amide bonds. The highest BCUT2D eigenvalue weighted by Gasteiger charge is 2.09. The summed E-state index contributed by atoms with van der Waals surface area (Å²) in [7, 11) is 0. The number of nitrogens with zero attached hydrogens (tertiary/aromatic N) is 2. The molecule has 0 fully saturated rings. The smallest absolute Gasteiger partial charge is 0.311 e. The number of aliphatic carboxylic acids is 2. The Morgan fingerprint density at radius 3 is 2.38 bits per heavy atom. The van der Waals surface area contributed by atoms with E-state index in [0.717, 1.165) is 0 Å². The molecule has 3 N–H and O–H groups in total. The van der Waals surface area contributed by atoms with Crippen molar-refractivity contribution in [3.63, 3.8) is 0 Å². The fourth-order valence-corrected chi connectivity index (χ4v) is 0.771. The van der Waals surface area contributed by atoms with E-state index in [1.165, 1.54) is 0 Å². The molecule has 7 nitrogen and oxygen atoms in total. The maximum Gasteiger partial charge on any atom is 0.311 e. The van der Waals surface area contributed by atoms with Gasteiger partial charge in [-0.05, 0) is 0 Å². The largest absolute Gasteiger partial charge is 0.481 e. The van der Waals surface area contributed by atoms with Crippen LogP contribution in [-0.4, -0.2) is 37.3 Å². The standard InChI is InChI=1S/C6H7N3O4/c10-5(11)1-3-7-4(9-8-3)2-6(12)13/h1-2H2,(H,10,11)(H,12,13)(H,7,8,9). The lowest BCUT2D eigenvalue weighted by atomic mass is 10.4. The van der Waals surface area contributed by atoms with Gasteiger partial charge in [-0.1, -0.05) is 0 Å². The molecule has 1 rings (SSSR count). The Morgan fingerprint density at radius 2 is 1.85 bits per heavy atom. The Balaban J connectivity index is 2.63. The van der Waals surface area contributed by atoms with Gasteiger partial charge in [-0.15, -0.1) is 0 Å². The molecule has 0 aliphatic rings. The second kappa shape index (κ2) is 3.65. The molecule has 0 aliphatic heterocycles. The fourth-order valence-electron chi connectivity index (χ4n) is 0.771. The van der Waals surface area contributed by atoms with Gasteiger partial charge in [-0.3, -0.25) is 14.7 Å². The normalized spacial score (nSPS) is 9.85. The third-order valence-electron chi connectivity index (χ3n) is 1.21. The molecule has 0 saturated carbocycles. The van der Waals surface area contributed by atoms with Crippen LogP contribution < -0.4 is 0 Å². The topological polar surface area (TPSA) is 116 Å². The van der Waals surface area contributed by atoms with Crippen molar-refractivity contribution in [3.05, 3.63) is 11.6 Å². The zero-order valence-corrected chi connectivity index (χ0v) is 6.52. The summed E-state index contributed by atoms with van der Waals surface area (Å²) < 4.78 is 0. The highest BCUT2D eigenvalue weighted by molar-refractivity contribution is 5.70. The summed E-state index contributed by atoms with van der Waals surface area (Å²) in [4.78, 5) is 24.0. The second-order valence-electron chi connectivity index (χ2n) is 2.34. The number of aromatic amines is 1. The first-order chi connectivity index (χ1) is 6.08. The minimum Gasteiger partial charge on any atom is -0.481 e. The molecule has 1 heterocycles. The molecular formula is C6H7N3O4. The molecule has 70 valence electrons. The van der Waals surface area contributed by atoms with Gasteiger partial charge in [-0.25, -0.2) is 4.98 Å². The van der Waals surface area contributed by atoms with E-state index in [1.54, 1.807) is 0 Å².